The van der Waals surface area contributed by atoms with Gasteiger partial charge in [0.1, 0.15) is 5.60 Å². The molecule has 1 aromatic rings. The van der Waals surface area contributed by atoms with E-state index in [0.29, 0.717) is 6.04 Å². The number of fused-ring (bicyclic) bond motifs is 1. The molecule has 100 valence electrons. The van der Waals surface area contributed by atoms with E-state index >= 15 is 0 Å². The molecule has 0 spiro atoms. The lowest BCUT2D eigenvalue weighted by Crippen LogP contribution is -2.38. The first-order valence-corrected chi connectivity index (χ1v) is 6.58. The van der Waals surface area contributed by atoms with Gasteiger partial charge in [-0.2, -0.15) is 0 Å². The predicted molar refractivity (Wildman–Crippen MR) is 73.5 cm³/mol. The normalized spacial score (nSPS) is 21.1. The Bertz CT molecular complexity index is 440. The van der Waals surface area contributed by atoms with Gasteiger partial charge in [-0.1, -0.05) is 13.0 Å². The van der Waals surface area contributed by atoms with Crippen molar-refractivity contribution in [1.29, 1.82) is 0 Å². The van der Waals surface area contributed by atoms with E-state index < -0.39 is 0 Å². The molecule has 3 heteroatoms. The maximum Gasteiger partial charge on any atom is 0.166 e. The van der Waals surface area contributed by atoms with Crippen molar-refractivity contribution in [2.75, 3.05) is 14.2 Å². The largest absolute Gasteiger partial charge is 0.493 e. The Kier molecular flexibility index (Phi) is 3.53. The zero-order valence-electron chi connectivity index (χ0n) is 12.0. The molecule has 1 aliphatic rings. The molecule has 1 aliphatic heterocycles. The molecule has 0 saturated heterocycles. The minimum Gasteiger partial charge on any atom is -0.493 e. The Balaban J connectivity index is 2.55. The summed E-state index contributed by atoms with van der Waals surface area (Å²) in [4.78, 5) is 0. The minimum absolute atomic E-state index is 0.165. The van der Waals surface area contributed by atoms with Crippen molar-refractivity contribution in [3.63, 3.8) is 0 Å². The molecule has 0 fully saturated rings. The van der Waals surface area contributed by atoms with Crippen LogP contribution in [0.4, 0.5) is 0 Å². The number of hydrogen-bond donors (Lipinski definition) is 1. The Morgan fingerprint density at radius 1 is 1.44 bits per heavy atom. The second-order valence-electron chi connectivity index (χ2n) is 5.48. The van der Waals surface area contributed by atoms with E-state index in [9.17, 15) is 0 Å². The fraction of sp³-hybridized carbons (Fsp3) is 0.600. The highest BCUT2D eigenvalue weighted by Crippen LogP contribution is 2.45. The molecule has 0 amide bonds. The van der Waals surface area contributed by atoms with Gasteiger partial charge in [0, 0.05) is 18.0 Å². The third-order valence-electron chi connectivity index (χ3n) is 3.57. The molecule has 0 bridgehead atoms. The molecule has 1 heterocycles. The van der Waals surface area contributed by atoms with Gasteiger partial charge in [-0.3, -0.25) is 0 Å². The molecule has 1 atom stereocenters. The topological polar surface area (TPSA) is 30.5 Å². The fourth-order valence-corrected chi connectivity index (χ4v) is 2.58. The third-order valence-corrected chi connectivity index (χ3v) is 3.57. The molecule has 0 aliphatic carbocycles. The van der Waals surface area contributed by atoms with Crippen LogP contribution in [-0.4, -0.2) is 19.8 Å². The van der Waals surface area contributed by atoms with Crippen LogP contribution in [0.2, 0.25) is 0 Å². The fourth-order valence-electron chi connectivity index (χ4n) is 2.58. The van der Waals surface area contributed by atoms with Crippen LogP contribution in [-0.2, 0) is 6.42 Å². The summed E-state index contributed by atoms with van der Waals surface area (Å²) in [7, 11) is 3.70. The quantitative estimate of drug-likeness (QED) is 0.893. The van der Waals surface area contributed by atoms with Gasteiger partial charge in [0.2, 0.25) is 0 Å². The van der Waals surface area contributed by atoms with Crippen LogP contribution >= 0.6 is 0 Å². The van der Waals surface area contributed by atoms with Crippen LogP contribution in [0.15, 0.2) is 12.1 Å². The van der Waals surface area contributed by atoms with Crippen molar-refractivity contribution in [3.05, 3.63) is 23.3 Å². The van der Waals surface area contributed by atoms with E-state index in [2.05, 4.69) is 38.2 Å². The summed E-state index contributed by atoms with van der Waals surface area (Å²) >= 11 is 0. The van der Waals surface area contributed by atoms with Crippen molar-refractivity contribution in [2.24, 2.45) is 0 Å². The van der Waals surface area contributed by atoms with Gasteiger partial charge in [-0.15, -0.1) is 0 Å². The number of nitrogens with one attached hydrogen (secondary N) is 1. The second kappa shape index (κ2) is 4.81. The van der Waals surface area contributed by atoms with Crippen molar-refractivity contribution >= 4 is 0 Å². The molecular weight excluding hydrogens is 226 g/mol. The first-order chi connectivity index (χ1) is 8.50. The molecule has 0 saturated carbocycles. The van der Waals surface area contributed by atoms with Gasteiger partial charge < -0.3 is 14.8 Å². The summed E-state index contributed by atoms with van der Waals surface area (Å²) < 4.78 is 11.6. The summed E-state index contributed by atoms with van der Waals surface area (Å²) in [6.45, 7) is 6.39. The average Bonchev–Trinajstić information content (AvgIpc) is 2.35. The van der Waals surface area contributed by atoms with Crippen molar-refractivity contribution in [3.8, 4) is 11.5 Å². The number of rotatable bonds is 3. The zero-order chi connectivity index (χ0) is 13.3. The first kappa shape index (κ1) is 13.2. The van der Waals surface area contributed by atoms with Crippen molar-refractivity contribution < 1.29 is 9.47 Å². The summed E-state index contributed by atoms with van der Waals surface area (Å²) in [5.41, 5.74) is 2.34. The van der Waals surface area contributed by atoms with E-state index in [1.54, 1.807) is 7.11 Å². The summed E-state index contributed by atoms with van der Waals surface area (Å²) in [6.07, 6.45) is 1.97. The van der Waals surface area contributed by atoms with Gasteiger partial charge in [0.15, 0.2) is 11.5 Å². The monoisotopic (exact) mass is 249 g/mol. The number of hydrogen-bond acceptors (Lipinski definition) is 3. The number of benzene rings is 1. The Hall–Kier alpha value is -1.22. The van der Waals surface area contributed by atoms with Gasteiger partial charge in [0.05, 0.1) is 7.11 Å². The smallest absolute Gasteiger partial charge is 0.166 e. The molecule has 2 rings (SSSR count). The summed E-state index contributed by atoms with van der Waals surface area (Å²) in [6, 6.07) is 4.63. The summed E-state index contributed by atoms with van der Waals surface area (Å²) in [5, 5.41) is 3.38. The van der Waals surface area contributed by atoms with Crippen LogP contribution in [0.5, 0.6) is 11.5 Å². The zero-order valence-corrected chi connectivity index (χ0v) is 12.0. The third kappa shape index (κ3) is 2.32. The molecule has 1 N–H and O–H groups in total. The van der Waals surface area contributed by atoms with E-state index in [-0.39, 0.29) is 5.60 Å². The Morgan fingerprint density at radius 2 is 2.17 bits per heavy atom. The number of aryl methyl sites for hydroxylation is 1. The lowest BCUT2D eigenvalue weighted by Gasteiger charge is -2.38. The highest BCUT2D eigenvalue weighted by Gasteiger charge is 2.35. The van der Waals surface area contributed by atoms with Crippen molar-refractivity contribution in [2.45, 2.75) is 45.3 Å². The standard InChI is InChI=1S/C15H23NO2/c1-6-10-7-11-12(16-4)9-15(2,3)18-14(11)13(8-10)17-5/h7-8,12,16H,6,9H2,1-5H3. The maximum absolute atomic E-state index is 6.11. The average molecular weight is 249 g/mol. The molecule has 1 unspecified atom stereocenters. The molecule has 0 radical (unpaired) electrons. The number of methoxy groups -OCH3 is 1. The molecule has 3 nitrogen and oxygen atoms in total. The second-order valence-corrected chi connectivity index (χ2v) is 5.48. The highest BCUT2D eigenvalue weighted by molar-refractivity contribution is 5.52. The molecule has 1 aromatic carbocycles. The van der Waals surface area contributed by atoms with Crippen LogP contribution in [0.3, 0.4) is 0 Å². The van der Waals surface area contributed by atoms with E-state index in [1.165, 1.54) is 11.1 Å². The number of ether oxygens (including phenoxy) is 2. The first-order valence-electron chi connectivity index (χ1n) is 6.58. The van der Waals surface area contributed by atoms with E-state index in [0.717, 1.165) is 24.3 Å². The van der Waals surface area contributed by atoms with Gasteiger partial charge in [0.25, 0.3) is 0 Å². The van der Waals surface area contributed by atoms with Gasteiger partial charge in [-0.05, 0) is 38.9 Å². The SMILES string of the molecule is CCc1cc(OC)c2c(c1)C(NC)CC(C)(C)O2. The lowest BCUT2D eigenvalue weighted by molar-refractivity contribution is 0.0636. The van der Waals surface area contributed by atoms with Crippen LogP contribution in [0.25, 0.3) is 0 Å². The maximum atomic E-state index is 6.11. The Labute approximate surface area is 109 Å². The van der Waals surface area contributed by atoms with E-state index in [4.69, 9.17) is 9.47 Å². The minimum atomic E-state index is -0.165. The van der Waals surface area contributed by atoms with Crippen LogP contribution in [0.1, 0.15) is 44.4 Å². The lowest BCUT2D eigenvalue weighted by atomic mass is 9.88. The molecule has 18 heavy (non-hydrogen) atoms. The molecular formula is C15H23NO2. The van der Waals surface area contributed by atoms with Crippen LogP contribution < -0.4 is 14.8 Å². The molecule has 0 aromatic heterocycles. The van der Waals surface area contributed by atoms with Gasteiger partial charge in [-0.25, -0.2) is 0 Å². The predicted octanol–water partition coefficient (Wildman–Crippen LogP) is 3.08. The van der Waals surface area contributed by atoms with Crippen molar-refractivity contribution in [1.82, 2.24) is 5.32 Å². The Morgan fingerprint density at radius 3 is 2.72 bits per heavy atom. The summed E-state index contributed by atoms with van der Waals surface area (Å²) in [5.74, 6) is 1.74. The van der Waals surface area contributed by atoms with E-state index in [1.807, 2.05) is 7.05 Å². The highest BCUT2D eigenvalue weighted by atomic mass is 16.5. The van der Waals surface area contributed by atoms with Gasteiger partial charge >= 0.3 is 0 Å². The van der Waals surface area contributed by atoms with Crippen LogP contribution in [0, 0.1) is 0 Å².